The van der Waals surface area contributed by atoms with Crippen LogP contribution in [0.15, 0.2) is 36.5 Å². The molecule has 0 saturated heterocycles. The Bertz CT molecular complexity index is 821. The zero-order valence-corrected chi connectivity index (χ0v) is 28.6. The number of amides is 1. The van der Waals surface area contributed by atoms with E-state index in [1.54, 1.807) is 6.08 Å². The van der Waals surface area contributed by atoms with Gasteiger partial charge < -0.3 is 10.4 Å². The summed E-state index contributed by atoms with van der Waals surface area (Å²) in [6.45, 7) is 4.48. The van der Waals surface area contributed by atoms with E-state index in [1.807, 2.05) is 0 Å². The van der Waals surface area contributed by atoms with Gasteiger partial charge in [-0.1, -0.05) is 153 Å². The minimum absolute atomic E-state index is 0.287. The van der Waals surface area contributed by atoms with E-state index in [1.165, 1.54) is 109 Å². The van der Waals surface area contributed by atoms with E-state index in [9.17, 15) is 22.9 Å². The lowest BCUT2D eigenvalue weighted by Crippen LogP contribution is -2.46. The first kappa shape index (κ1) is 41.6. The van der Waals surface area contributed by atoms with Crippen LogP contribution in [0.3, 0.4) is 0 Å². The Morgan fingerprint density at radius 1 is 0.605 bits per heavy atom. The molecule has 0 aliphatic rings. The molecule has 252 valence electrons. The third-order valence-corrected chi connectivity index (χ3v) is 8.58. The molecule has 0 aromatic heterocycles. The third-order valence-electron chi connectivity index (χ3n) is 7.80. The summed E-state index contributed by atoms with van der Waals surface area (Å²) in [7, 11) is -4.35. The van der Waals surface area contributed by atoms with Gasteiger partial charge in [0.25, 0.3) is 10.1 Å². The Morgan fingerprint density at radius 3 is 1.47 bits per heavy atom. The number of carbonyl (C=O) groups is 1. The van der Waals surface area contributed by atoms with Crippen LogP contribution in [0.4, 0.5) is 0 Å². The Kier molecular flexibility index (Phi) is 29.6. The van der Waals surface area contributed by atoms with Gasteiger partial charge in [0, 0.05) is 6.42 Å². The van der Waals surface area contributed by atoms with Gasteiger partial charge in [-0.25, -0.2) is 0 Å². The maximum Gasteiger partial charge on any atom is 0.267 e. The summed E-state index contributed by atoms with van der Waals surface area (Å²) in [5, 5.41) is 13.1. The van der Waals surface area contributed by atoms with Crippen molar-refractivity contribution in [3.05, 3.63) is 36.5 Å². The van der Waals surface area contributed by atoms with Crippen LogP contribution < -0.4 is 5.32 Å². The van der Waals surface area contributed by atoms with Crippen molar-refractivity contribution in [1.29, 1.82) is 0 Å². The quantitative estimate of drug-likeness (QED) is 0.0404. The third kappa shape index (κ3) is 31.8. The van der Waals surface area contributed by atoms with Crippen molar-refractivity contribution in [2.45, 2.75) is 180 Å². The molecule has 6 nitrogen and oxygen atoms in total. The van der Waals surface area contributed by atoms with Crippen LogP contribution in [0.25, 0.3) is 0 Å². The van der Waals surface area contributed by atoms with Crippen molar-refractivity contribution < 1.29 is 22.9 Å². The Morgan fingerprint density at radius 2 is 1.00 bits per heavy atom. The molecule has 0 rings (SSSR count). The van der Waals surface area contributed by atoms with E-state index >= 15 is 0 Å². The molecule has 0 aliphatic carbocycles. The van der Waals surface area contributed by atoms with Gasteiger partial charge in [0.2, 0.25) is 5.91 Å². The van der Waals surface area contributed by atoms with Gasteiger partial charge in [0.05, 0.1) is 17.9 Å². The van der Waals surface area contributed by atoms with E-state index in [4.69, 9.17) is 0 Å². The molecule has 0 aliphatic heterocycles. The average molecular weight is 626 g/mol. The van der Waals surface area contributed by atoms with Crippen LogP contribution in [0.5, 0.6) is 0 Å². The number of hydrogen-bond acceptors (Lipinski definition) is 4. The first-order valence-electron chi connectivity index (χ1n) is 17.7. The molecule has 0 bridgehead atoms. The summed E-state index contributed by atoms with van der Waals surface area (Å²) in [4.78, 5) is 12.4. The maximum atomic E-state index is 12.4. The van der Waals surface area contributed by atoms with Gasteiger partial charge in [0.15, 0.2) is 0 Å². The largest absolute Gasteiger partial charge is 0.387 e. The molecule has 3 N–H and O–H groups in total. The fourth-order valence-corrected chi connectivity index (χ4v) is 5.86. The first-order valence-corrected chi connectivity index (χ1v) is 19.3. The number of aliphatic hydroxyl groups is 1. The topological polar surface area (TPSA) is 104 Å². The van der Waals surface area contributed by atoms with Crippen molar-refractivity contribution in [3.63, 3.8) is 0 Å². The molecule has 0 fully saturated rings. The molecule has 7 heteroatoms. The molecule has 1 amide bonds. The molecule has 2 unspecified atom stereocenters. The highest BCUT2D eigenvalue weighted by Gasteiger charge is 2.24. The lowest BCUT2D eigenvalue weighted by Gasteiger charge is -2.21. The Balaban J connectivity index is 4.09. The molecule has 0 spiro atoms. The SMILES string of the molecule is CCCCCCC/C=C/CC/C=C/CC/C=C/C(O)C(CS(=O)(=O)O)NC(=O)CCCCCCCCCCCCCCC. The monoisotopic (exact) mass is 625 g/mol. The van der Waals surface area contributed by atoms with Crippen molar-refractivity contribution >= 4 is 16.0 Å². The van der Waals surface area contributed by atoms with E-state index in [0.29, 0.717) is 6.42 Å². The fourth-order valence-electron chi connectivity index (χ4n) is 5.13. The second kappa shape index (κ2) is 30.6. The number of rotatable bonds is 31. The summed E-state index contributed by atoms with van der Waals surface area (Å²) in [5.74, 6) is -1.01. The van der Waals surface area contributed by atoms with Crippen LogP contribution in [-0.4, -0.2) is 41.9 Å². The number of allylic oxidation sites excluding steroid dienone is 5. The predicted molar refractivity (Wildman–Crippen MR) is 184 cm³/mol. The minimum Gasteiger partial charge on any atom is -0.387 e. The molecule has 0 saturated carbocycles. The Hall–Kier alpha value is -1.44. The Labute approximate surface area is 266 Å². The highest BCUT2D eigenvalue weighted by atomic mass is 32.2. The lowest BCUT2D eigenvalue weighted by atomic mass is 10.0. The van der Waals surface area contributed by atoms with Gasteiger partial charge in [-0.15, -0.1) is 0 Å². The van der Waals surface area contributed by atoms with Crippen LogP contribution in [0.2, 0.25) is 0 Å². The van der Waals surface area contributed by atoms with E-state index in [-0.39, 0.29) is 12.3 Å². The van der Waals surface area contributed by atoms with Gasteiger partial charge in [0.1, 0.15) is 0 Å². The van der Waals surface area contributed by atoms with E-state index in [2.05, 4.69) is 43.5 Å². The number of nitrogens with one attached hydrogen (secondary N) is 1. The van der Waals surface area contributed by atoms with Crippen molar-refractivity contribution in [1.82, 2.24) is 5.32 Å². The average Bonchev–Trinajstić information content (AvgIpc) is 2.96. The highest BCUT2D eigenvalue weighted by molar-refractivity contribution is 7.85. The van der Waals surface area contributed by atoms with Crippen LogP contribution in [0, 0.1) is 0 Å². The molecule has 0 aromatic rings. The van der Waals surface area contributed by atoms with Crippen LogP contribution in [0.1, 0.15) is 168 Å². The molecular formula is C36H67NO5S. The molecule has 2 atom stereocenters. The van der Waals surface area contributed by atoms with Crippen molar-refractivity contribution in [2.75, 3.05) is 5.75 Å². The molecule has 43 heavy (non-hydrogen) atoms. The number of unbranched alkanes of at least 4 members (excludes halogenated alkanes) is 19. The summed E-state index contributed by atoms with van der Waals surface area (Å²) < 4.78 is 32.3. The van der Waals surface area contributed by atoms with Gasteiger partial charge >= 0.3 is 0 Å². The first-order chi connectivity index (χ1) is 20.8. The summed E-state index contributed by atoms with van der Waals surface area (Å²) >= 11 is 0. The standard InChI is InChI=1S/C36H67NO5S/c1-3-5-7-9-11-13-15-17-18-20-21-23-25-27-29-31-35(38)34(33-43(40,41)42)37-36(39)32-30-28-26-24-22-19-16-14-12-10-8-6-4-2/h15,17,21,23,29,31,34-35,38H,3-14,16,18-20,22,24-28,30,32-33H2,1-2H3,(H,37,39)(H,40,41,42)/b17-15+,23-21+,31-29+. The second-order valence-electron chi connectivity index (χ2n) is 12.1. The molecule has 0 aromatic carbocycles. The number of carbonyl (C=O) groups excluding carboxylic acids is 1. The lowest BCUT2D eigenvalue weighted by molar-refractivity contribution is -0.122. The smallest absolute Gasteiger partial charge is 0.267 e. The van der Waals surface area contributed by atoms with Crippen LogP contribution in [-0.2, 0) is 14.9 Å². The maximum absolute atomic E-state index is 12.4. The van der Waals surface area contributed by atoms with Crippen LogP contribution >= 0.6 is 0 Å². The zero-order valence-electron chi connectivity index (χ0n) is 27.8. The normalized spacial score (nSPS) is 13.9. The summed E-state index contributed by atoms with van der Waals surface area (Å²) in [6, 6.07) is -1.07. The summed E-state index contributed by atoms with van der Waals surface area (Å²) in [5.41, 5.74) is 0. The fraction of sp³-hybridized carbons (Fsp3) is 0.806. The van der Waals surface area contributed by atoms with Gasteiger partial charge in [-0.2, -0.15) is 8.42 Å². The molecular weight excluding hydrogens is 558 g/mol. The zero-order chi connectivity index (χ0) is 31.9. The number of aliphatic hydroxyl groups excluding tert-OH is 1. The van der Waals surface area contributed by atoms with Gasteiger partial charge in [-0.05, 0) is 44.9 Å². The predicted octanol–water partition coefficient (Wildman–Crippen LogP) is 9.79. The highest BCUT2D eigenvalue weighted by Crippen LogP contribution is 2.13. The van der Waals surface area contributed by atoms with E-state index < -0.39 is 28.0 Å². The number of hydrogen-bond donors (Lipinski definition) is 3. The van der Waals surface area contributed by atoms with Gasteiger partial charge in [-0.3, -0.25) is 9.35 Å². The van der Waals surface area contributed by atoms with Crippen molar-refractivity contribution in [2.24, 2.45) is 0 Å². The van der Waals surface area contributed by atoms with Crippen molar-refractivity contribution in [3.8, 4) is 0 Å². The van der Waals surface area contributed by atoms with E-state index in [0.717, 1.165) is 38.5 Å². The molecule has 0 heterocycles. The summed E-state index contributed by atoms with van der Waals surface area (Å²) in [6.07, 6.45) is 38.4. The minimum atomic E-state index is -4.35. The molecule has 0 radical (unpaired) electrons. The second-order valence-corrected chi connectivity index (χ2v) is 13.6.